The molecule has 28 heavy (non-hydrogen) atoms. The maximum absolute atomic E-state index is 13.7. The first kappa shape index (κ1) is 21.5. The van der Waals surface area contributed by atoms with Crippen LogP contribution in [0.1, 0.15) is 21.5 Å². The molecular weight excluding hydrogens is 438 g/mol. The molecule has 0 aliphatic rings. The number of hydrogen-bond acceptors (Lipinski definition) is 4. The van der Waals surface area contributed by atoms with E-state index >= 15 is 0 Å². The van der Waals surface area contributed by atoms with Crippen molar-refractivity contribution < 1.29 is 27.9 Å². The number of rotatable bonds is 6. The monoisotopic (exact) mass is 454 g/mol. The average molecular weight is 455 g/mol. The number of benzene rings is 2. The van der Waals surface area contributed by atoms with Crippen LogP contribution in [0.4, 0.5) is 14.5 Å². The Balaban J connectivity index is 1.81. The van der Waals surface area contributed by atoms with E-state index < -0.39 is 42.6 Å². The van der Waals surface area contributed by atoms with Gasteiger partial charge in [-0.05, 0) is 59.1 Å². The highest BCUT2D eigenvalue weighted by molar-refractivity contribution is 9.10. The summed E-state index contributed by atoms with van der Waals surface area (Å²) in [5.41, 5.74) is 2.09. The zero-order valence-electron chi connectivity index (χ0n) is 15.1. The van der Waals surface area contributed by atoms with Gasteiger partial charge in [0.2, 0.25) is 0 Å². The SMILES string of the molecule is Cc1ccc(C(=O)NCC(=O)OCC(=O)Nc2c(F)cc(F)cc2Br)cc1C. The average Bonchev–Trinajstić information content (AvgIpc) is 2.63. The standard InChI is InChI=1S/C19H17BrF2N2O4/c1-10-3-4-12(5-11(10)2)19(27)23-8-17(26)28-9-16(25)24-18-14(20)6-13(21)7-15(18)22/h3-7H,8-9H2,1-2H3,(H,23,27)(H,24,25). The summed E-state index contributed by atoms with van der Waals surface area (Å²) >= 11 is 2.93. The minimum absolute atomic E-state index is 0.00494. The van der Waals surface area contributed by atoms with Crippen LogP contribution in [0.2, 0.25) is 0 Å². The first-order valence-corrected chi connectivity index (χ1v) is 8.92. The molecule has 9 heteroatoms. The summed E-state index contributed by atoms with van der Waals surface area (Å²) in [5.74, 6) is -3.91. The van der Waals surface area contributed by atoms with Gasteiger partial charge >= 0.3 is 5.97 Å². The van der Waals surface area contributed by atoms with E-state index in [1.165, 1.54) is 0 Å². The Labute approximate surface area is 168 Å². The van der Waals surface area contributed by atoms with Gasteiger partial charge in [-0.2, -0.15) is 0 Å². The highest BCUT2D eigenvalue weighted by Crippen LogP contribution is 2.26. The molecule has 0 spiro atoms. The van der Waals surface area contributed by atoms with Gasteiger partial charge in [0.15, 0.2) is 12.4 Å². The van der Waals surface area contributed by atoms with Gasteiger partial charge in [-0.25, -0.2) is 8.78 Å². The second-order valence-electron chi connectivity index (χ2n) is 5.94. The number of ether oxygens (including phenoxy) is 1. The maximum atomic E-state index is 13.7. The topological polar surface area (TPSA) is 84.5 Å². The summed E-state index contributed by atoms with van der Waals surface area (Å²) < 4.78 is 31.4. The van der Waals surface area contributed by atoms with Gasteiger partial charge in [0.25, 0.3) is 11.8 Å². The lowest BCUT2D eigenvalue weighted by Crippen LogP contribution is -2.32. The Morgan fingerprint density at radius 2 is 1.79 bits per heavy atom. The number of hydrogen-bond donors (Lipinski definition) is 2. The number of carbonyl (C=O) groups is 3. The molecule has 0 fully saturated rings. The molecule has 0 aliphatic carbocycles. The lowest BCUT2D eigenvalue weighted by molar-refractivity contribution is -0.146. The number of carbonyl (C=O) groups excluding carboxylic acids is 3. The van der Waals surface area contributed by atoms with Crippen molar-refractivity contribution in [3.8, 4) is 0 Å². The van der Waals surface area contributed by atoms with Crippen molar-refractivity contribution in [2.75, 3.05) is 18.5 Å². The first-order chi connectivity index (χ1) is 13.2. The Morgan fingerprint density at radius 1 is 1.07 bits per heavy atom. The molecule has 2 amide bonds. The van der Waals surface area contributed by atoms with E-state index in [2.05, 4.69) is 26.6 Å². The van der Waals surface area contributed by atoms with Crippen LogP contribution >= 0.6 is 15.9 Å². The van der Waals surface area contributed by atoms with Crippen molar-refractivity contribution in [2.24, 2.45) is 0 Å². The molecule has 6 nitrogen and oxygen atoms in total. The van der Waals surface area contributed by atoms with Crippen molar-refractivity contribution in [3.63, 3.8) is 0 Å². The zero-order valence-corrected chi connectivity index (χ0v) is 16.7. The van der Waals surface area contributed by atoms with E-state index in [4.69, 9.17) is 4.74 Å². The van der Waals surface area contributed by atoms with E-state index in [0.29, 0.717) is 11.6 Å². The second-order valence-corrected chi connectivity index (χ2v) is 6.79. The predicted molar refractivity (Wildman–Crippen MR) is 102 cm³/mol. The molecule has 0 atom stereocenters. The van der Waals surface area contributed by atoms with E-state index in [0.717, 1.165) is 17.2 Å². The summed E-state index contributed by atoms with van der Waals surface area (Å²) in [6.07, 6.45) is 0. The van der Waals surface area contributed by atoms with Crippen molar-refractivity contribution in [1.29, 1.82) is 0 Å². The Kier molecular flexibility index (Phi) is 7.22. The van der Waals surface area contributed by atoms with Crippen LogP contribution in [0.25, 0.3) is 0 Å². The molecule has 0 bridgehead atoms. The molecule has 0 aliphatic heterocycles. The van der Waals surface area contributed by atoms with Crippen LogP contribution in [0, 0.1) is 25.5 Å². The molecule has 0 unspecified atom stereocenters. The summed E-state index contributed by atoms with van der Waals surface area (Å²) in [7, 11) is 0. The zero-order chi connectivity index (χ0) is 20.8. The van der Waals surface area contributed by atoms with Crippen molar-refractivity contribution in [3.05, 3.63) is 63.1 Å². The van der Waals surface area contributed by atoms with E-state index in [1.54, 1.807) is 18.2 Å². The summed E-state index contributed by atoms with van der Waals surface area (Å²) in [5, 5.41) is 4.56. The van der Waals surface area contributed by atoms with Crippen molar-refractivity contribution >= 4 is 39.4 Å². The van der Waals surface area contributed by atoms with Gasteiger partial charge in [-0.3, -0.25) is 14.4 Å². The molecule has 2 N–H and O–H groups in total. The molecule has 2 aromatic rings. The largest absolute Gasteiger partial charge is 0.454 e. The third-order valence-corrected chi connectivity index (χ3v) is 4.42. The van der Waals surface area contributed by atoms with Crippen LogP contribution in [-0.4, -0.2) is 30.9 Å². The minimum atomic E-state index is -0.979. The van der Waals surface area contributed by atoms with Crippen LogP contribution < -0.4 is 10.6 Å². The quantitative estimate of drug-likeness (QED) is 0.656. The van der Waals surface area contributed by atoms with Crippen LogP contribution in [0.15, 0.2) is 34.8 Å². The van der Waals surface area contributed by atoms with Crippen LogP contribution in [0.5, 0.6) is 0 Å². The molecule has 0 radical (unpaired) electrons. The molecule has 2 rings (SSSR count). The number of halogens is 3. The summed E-state index contributed by atoms with van der Waals surface area (Å²) in [6, 6.07) is 6.70. The molecule has 0 saturated heterocycles. The fourth-order valence-electron chi connectivity index (χ4n) is 2.17. The van der Waals surface area contributed by atoms with Crippen LogP contribution in [-0.2, 0) is 14.3 Å². The van der Waals surface area contributed by atoms with Crippen molar-refractivity contribution in [2.45, 2.75) is 13.8 Å². The number of nitrogens with one attached hydrogen (secondary N) is 2. The predicted octanol–water partition coefficient (Wildman–Crippen LogP) is 3.26. The Hall–Kier alpha value is -2.81. The lowest BCUT2D eigenvalue weighted by Gasteiger charge is -2.10. The first-order valence-electron chi connectivity index (χ1n) is 8.13. The third kappa shape index (κ3) is 5.85. The Morgan fingerprint density at radius 3 is 2.43 bits per heavy atom. The molecular formula is C19H17BrF2N2O4. The van der Waals surface area contributed by atoms with E-state index in [1.807, 2.05) is 13.8 Å². The number of anilines is 1. The van der Waals surface area contributed by atoms with Gasteiger partial charge in [-0.15, -0.1) is 0 Å². The van der Waals surface area contributed by atoms with E-state index in [9.17, 15) is 23.2 Å². The fourth-order valence-corrected chi connectivity index (χ4v) is 2.68. The molecule has 0 saturated carbocycles. The molecule has 0 heterocycles. The van der Waals surface area contributed by atoms with Crippen molar-refractivity contribution in [1.82, 2.24) is 5.32 Å². The fraction of sp³-hybridized carbons (Fsp3) is 0.211. The number of esters is 1. The maximum Gasteiger partial charge on any atom is 0.325 e. The minimum Gasteiger partial charge on any atom is -0.454 e. The highest BCUT2D eigenvalue weighted by Gasteiger charge is 2.15. The van der Waals surface area contributed by atoms with E-state index in [-0.39, 0.29) is 10.2 Å². The smallest absolute Gasteiger partial charge is 0.325 e. The van der Waals surface area contributed by atoms with Gasteiger partial charge in [0, 0.05) is 16.1 Å². The third-order valence-electron chi connectivity index (χ3n) is 3.80. The number of aryl methyl sites for hydroxylation is 2. The van der Waals surface area contributed by atoms with Gasteiger partial charge in [-0.1, -0.05) is 6.07 Å². The van der Waals surface area contributed by atoms with Gasteiger partial charge < -0.3 is 15.4 Å². The van der Waals surface area contributed by atoms with Crippen LogP contribution in [0.3, 0.4) is 0 Å². The summed E-state index contributed by atoms with van der Waals surface area (Å²) in [6.45, 7) is 2.65. The molecule has 148 valence electrons. The number of amides is 2. The summed E-state index contributed by atoms with van der Waals surface area (Å²) in [4.78, 5) is 35.5. The second kappa shape index (κ2) is 9.41. The highest BCUT2D eigenvalue weighted by atomic mass is 79.9. The van der Waals surface area contributed by atoms with Gasteiger partial charge in [0.05, 0.1) is 5.69 Å². The lowest BCUT2D eigenvalue weighted by atomic mass is 10.1. The Bertz CT molecular complexity index is 911. The normalized spacial score (nSPS) is 10.3. The van der Waals surface area contributed by atoms with Gasteiger partial charge in [0.1, 0.15) is 12.4 Å². The molecule has 2 aromatic carbocycles. The molecule has 0 aromatic heterocycles.